The molecule has 3 aliphatic rings. The molecule has 4 rings (SSSR count). The van der Waals surface area contributed by atoms with Crippen LogP contribution in [0.3, 0.4) is 0 Å². The zero-order valence-corrected chi connectivity index (χ0v) is 22.4. The Hall–Kier alpha value is -2.23. The van der Waals surface area contributed by atoms with Gasteiger partial charge in [-0.1, -0.05) is 12.1 Å². The highest BCUT2D eigenvalue weighted by Gasteiger charge is 2.53. The van der Waals surface area contributed by atoms with E-state index in [2.05, 4.69) is 35.0 Å². The van der Waals surface area contributed by atoms with E-state index >= 15 is 0 Å². The molecule has 2 aliphatic heterocycles. The number of likely N-dealkylation sites (tertiary alicyclic amines) is 1. The number of nitrogens with one attached hydrogen (secondary N) is 1. The Bertz CT molecular complexity index is 969. The summed E-state index contributed by atoms with van der Waals surface area (Å²) in [5.74, 6) is -0.430. The van der Waals surface area contributed by atoms with Crippen LogP contribution in [0.25, 0.3) is 0 Å². The van der Waals surface area contributed by atoms with Gasteiger partial charge in [0.2, 0.25) is 0 Å². The maximum atomic E-state index is 13.2. The minimum Gasteiger partial charge on any atom is -0.448 e. The Balaban J connectivity index is 1.25. The number of halogens is 1. The van der Waals surface area contributed by atoms with Gasteiger partial charge in [-0.2, -0.15) is 5.26 Å². The lowest BCUT2D eigenvalue weighted by molar-refractivity contribution is -0.0146. The van der Waals surface area contributed by atoms with Crippen LogP contribution in [-0.4, -0.2) is 96.6 Å². The van der Waals surface area contributed by atoms with Crippen molar-refractivity contribution in [3.63, 3.8) is 0 Å². The molecular weight excluding hydrogens is 490 g/mol. The van der Waals surface area contributed by atoms with E-state index in [4.69, 9.17) is 9.47 Å². The average Bonchev–Trinajstić information content (AvgIpc) is 3.58. The Morgan fingerprint density at radius 1 is 1.32 bits per heavy atom. The van der Waals surface area contributed by atoms with Crippen LogP contribution in [0.5, 0.6) is 0 Å². The summed E-state index contributed by atoms with van der Waals surface area (Å²) in [6.07, 6.45) is 2.24. The summed E-state index contributed by atoms with van der Waals surface area (Å²) in [5.41, 5.74) is 0.667. The van der Waals surface area contributed by atoms with Gasteiger partial charge in [-0.25, -0.2) is 9.18 Å². The Labute approximate surface area is 225 Å². The molecule has 0 bridgehead atoms. The van der Waals surface area contributed by atoms with E-state index in [0.717, 1.165) is 52.1 Å². The van der Waals surface area contributed by atoms with E-state index < -0.39 is 19.2 Å². The second kappa shape index (κ2) is 12.8. The van der Waals surface area contributed by atoms with Gasteiger partial charge in [-0.15, -0.1) is 0 Å². The maximum Gasteiger partial charge on any atom is 0.475 e. The van der Waals surface area contributed by atoms with Crippen LogP contribution < -0.4 is 5.32 Å². The zero-order valence-electron chi connectivity index (χ0n) is 22.4. The van der Waals surface area contributed by atoms with Crippen LogP contribution in [-0.2, 0) is 15.9 Å². The average molecular weight is 530 g/mol. The summed E-state index contributed by atoms with van der Waals surface area (Å²) in [4.78, 5) is 17.3. The minimum absolute atomic E-state index is 0.00829. The molecule has 1 amide bonds. The van der Waals surface area contributed by atoms with Crippen molar-refractivity contribution >= 4 is 13.2 Å². The highest BCUT2D eigenvalue weighted by molar-refractivity contribution is 6.43. The van der Waals surface area contributed by atoms with Gasteiger partial charge >= 0.3 is 13.2 Å². The second-order valence-electron chi connectivity index (χ2n) is 11.6. The van der Waals surface area contributed by atoms with Gasteiger partial charge in [-0.05, 0) is 69.1 Å². The van der Waals surface area contributed by atoms with E-state index in [9.17, 15) is 24.5 Å². The van der Waals surface area contributed by atoms with Crippen molar-refractivity contribution in [3.05, 3.63) is 35.6 Å². The standard InChI is InChI=1S/C27H40BFN4O5/c1-27(2,33-9-11-37-12-10-33)8-7-20(15-30)16-32-17-21-14-23(21)24(32)18-38-26(34)31-25(28(35)36)13-19-3-5-22(29)6-4-19/h3-6,20-21,23-25,35-36H,7-14,16-18H2,1-2H3,(H,31,34)/t20?,21-,23-,24-,25-/m0/s1. The predicted octanol–water partition coefficient (Wildman–Crippen LogP) is 1.83. The van der Waals surface area contributed by atoms with Crippen molar-refractivity contribution in [1.29, 1.82) is 5.26 Å². The number of nitriles is 1. The molecule has 1 aliphatic carbocycles. The molecule has 0 spiro atoms. The normalized spacial score (nSPS) is 25.2. The van der Waals surface area contributed by atoms with E-state index in [0.29, 0.717) is 23.9 Å². The molecule has 0 aromatic heterocycles. The molecule has 5 atom stereocenters. The van der Waals surface area contributed by atoms with Crippen LogP contribution in [0, 0.1) is 34.9 Å². The van der Waals surface area contributed by atoms with Crippen LogP contribution in [0.1, 0.15) is 38.7 Å². The monoisotopic (exact) mass is 530 g/mol. The number of morpholine rings is 1. The molecule has 2 saturated heterocycles. The highest BCUT2D eigenvalue weighted by atomic mass is 19.1. The number of nitrogens with zero attached hydrogens (tertiary/aromatic N) is 3. The number of carbonyl (C=O) groups excluding carboxylic acids is 1. The van der Waals surface area contributed by atoms with Crippen molar-refractivity contribution in [3.8, 4) is 6.07 Å². The van der Waals surface area contributed by atoms with Crippen molar-refractivity contribution in [2.24, 2.45) is 17.8 Å². The molecule has 11 heteroatoms. The molecule has 3 fully saturated rings. The molecule has 1 saturated carbocycles. The molecule has 38 heavy (non-hydrogen) atoms. The summed E-state index contributed by atoms with van der Waals surface area (Å²) in [6, 6.07) is 8.20. The van der Waals surface area contributed by atoms with Gasteiger partial charge in [0, 0.05) is 37.8 Å². The number of fused-ring (bicyclic) bond motifs is 1. The Kier molecular flexibility index (Phi) is 9.66. The summed E-state index contributed by atoms with van der Waals surface area (Å²) >= 11 is 0. The number of benzene rings is 1. The van der Waals surface area contributed by atoms with Gasteiger partial charge < -0.3 is 24.8 Å². The van der Waals surface area contributed by atoms with Gasteiger partial charge in [0.05, 0.1) is 31.1 Å². The van der Waals surface area contributed by atoms with E-state index in [1.165, 1.54) is 24.3 Å². The topological polar surface area (TPSA) is 118 Å². The fourth-order valence-corrected chi connectivity index (χ4v) is 5.89. The minimum atomic E-state index is -1.79. The summed E-state index contributed by atoms with van der Waals surface area (Å²) < 4.78 is 24.2. The van der Waals surface area contributed by atoms with E-state index in [1.54, 1.807) is 0 Å². The lowest BCUT2D eigenvalue weighted by Gasteiger charge is -2.41. The van der Waals surface area contributed by atoms with Crippen LogP contribution in [0.4, 0.5) is 9.18 Å². The third kappa shape index (κ3) is 7.67. The number of alkyl carbamates (subject to hydrolysis) is 1. The number of rotatable bonds is 12. The SMILES string of the molecule is CC(C)(CCC(C#N)CN1C[C@@H]2C[C@@H]2[C@@H]1COC(=O)N[C@@H](Cc1ccc(F)cc1)B(O)O)N1CCOCC1. The number of hydrogen-bond donors (Lipinski definition) is 3. The first-order chi connectivity index (χ1) is 18.2. The quantitative estimate of drug-likeness (QED) is 0.351. The lowest BCUT2D eigenvalue weighted by Crippen LogP contribution is -2.50. The fraction of sp³-hybridized carbons (Fsp3) is 0.704. The van der Waals surface area contributed by atoms with Crippen molar-refractivity contribution in [2.45, 2.75) is 57.1 Å². The third-order valence-electron chi connectivity index (χ3n) is 8.44. The van der Waals surface area contributed by atoms with Gasteiger partial charge in [-0.3, -0.25) is 9.80 Å². The molecule has 3 N–H and O–H groups in total. The van der Waals surface area contributed by atoms with E-state index in [-0.39, 0.29) is 36.3 Å². The third-order valence-corrected chi connectivity index (χ3v) is 8.44. The predicted molar refractivity (Wildman–Crippen MR) is 140 cm³/mol. The number of ether oxygens (including phenoxy) is 2. The Morgan fingerprint density at radius 2 is 2.03 bits per heavy atom. The molecule has 0 radical (unpaired) electrons. The van der Waals surface area contributed by atoms with Crippen LogP contribution in [0.2, 0.25) is 0 Å². The van der Waals surface area contributed by atoms with Crippen molar-refractivity contribution < 1.29 is 28.7 Å². The smallest absolute Gasteiger partial charge is 0.448 e. The molecule has 1 aromatic rings. The Morgan fingerprint density at radius 3 is 2.68 bits per heavy atom. The molecule has 2 heterocycles. The molecule has 1 aromatic carbocycles. The van der Waals surface area contributed by atoms with Crippen LogP contribution >= 0.6 is 0 Å². The summed E-state index contributed by atoms with van der Waals surface area (Å²) in [6.45, 7) is 9.56. The fourth-order valence-electron chi connectivity index (χ4n) is 5.89. The van der Waals surface area contributed by atoms with Crippen molar-refractivity contribution in [1.82, 2.24) is 15.1 Å². The van der Waals surface area contributed by atoms with Crippen LogP contribution in [0.15, 0.2) is 24.3 Å². The first-order valence-corrected chi connectivity index (χ1v) is 13.7. The van der Waals surface area contributed by atoms with Gasteiger partial charge in [0.15, 0.2) is 0 Å². The molecule has 1 unspecified atom stereocenters. The number of piperidine rings is 1. The van der Waals surface area contributed by atoms with Gasteiger partial charge in [0.25, 0.3) is 0 Å². The second-order valence-corrected chi connectivity index (χ2v) is 11.6. The maximum absolute atomic E-state index is 13.2. The zero-order chi connectivity index (χ0) is 27.3. The number of amides is 1. The molecule has 208 valence electrons. The largest absolute Gasteiger partial charge is 0.475 e. The highest BCUT2D eigenvalue weighted by Crippen LogP contribution is 2.49. The van der Waals surface area contributed by atoms with Gasteiger partial charge in [0.1, 0.15) is 12.4 Å². The first kappa shape index (κ1) is 28.8. The molecular formula is C27H40BFN4O5. The molecule has 9 nitrogen and oxygen atoms in total. The van der Waals surface area contributed by atoms with Crippen molar-refractivity contribution in [2.75, 3.05) is 46.0 Å². The summed E-state index contributed by atoms with van der Waals surface area (Å²) in [7, 11) is -1.79. The number of hydrogen-bond acceptors (Lipinski definition) is 8. The first-order valence-electron chi connectivity index (χ1n) is 13.7. The number of carbonyl (C=O) groups is 1. The van der Waals surface area contributed by atoms with E-state index in [1.807, 2.05) is 0 Å². The summed E-state index contributed by atoms with van der Waals surface area (Å²) in [5, 5.41) is 31.9. The lowest BCUT2D eigenvalue weighted by atomic mass is 9.76.